The van der Waals surface area contributed by atoms with E-state index in [1.54, 1.807) is 4.68 Å². The van der Waals surface area contributed by atoms with Gasteiger partial charge in [0.25, 0.3) is 0 Å². The molecular weight excluding hydrogens is 376 g/mol. The highest BCUT2D eigenvalue weighted by Crippen LogP contribution is 2.23. The van der Waals surface area contributed by atoms with Crippen molar-refractivity contribution in [3.63, 3.8) is 0 Å². The van der Waals surface area contributed by atoms with E-state index in [1.807, 2.05) is 47.4 Å². The van der Waals surface area contributed by atoms with Gasteiger partial charge in [0.15, 0.2) is 5.82 Å². The summed E-state index contributed by atoms with van der Waals surface area (Å²) in [6, 6.07) is 18.3. The normalized spacial score (nSPS) is 15.9. The molecule has 1 aromatic heterocycles. The van der Waals surface area contributed by atoms with Crippen LogP contribution in [-0.2, 0) is 11.3 Å². The van der Waals surface area contributed by atoms with E-state index in [4.69, 9.17) is 0 Å². The number of aromatic nitrogens is 4. The maximum absolute atomic E-state index is 13.1. The molecule has 7 nitrogen and oxygen atoms in total. The van der Waals surface area contributed by atoms with E-state index < -0.39 is 0 Å². The van der Waals surface area contributed by atoms with Crippen LogP contribution >= 0.6 is 0 Å². The van der Waals surface area contributed by atoms with Gasteiger partial charge < -0.3 is 4.90 Å². The predicted octanol–water partition coefficient (Wildman–Crippen LogP) is 2.81. The van der Waals surface area contributed by atoms with Crippen molar-refractivity contribution in [1.29, 1.82) is 0 Å². The van der Waals surface area contributed by atoms with Gasteiger partial charge in [-0.05, 0) is 41.5 Å². The van der Waals surface area contributed by atoms with Gasteiger partial charge in [-0.2, -0.15) is 4.68 Å². The van der Waals surface area contributed by atoms with Crippen molar-refractivity contribution in [2.45, 2.75) is 32.7 Å². The van der Waals surface area contributed by atoms with E-state index in [0.717, 1.165) is 49.7 Å². The van der Waals surface area contributed by atoms with Crippen molar-refractivity contribution in [2.24, 2.45) is 0 Å². The number of carbonyl (C=O) groups excluding carboxylic acids is 1. The number of carbonyl (C=O) groups is 1. The average molecular weight is 405 g/mol. The van der Waals surface area contributed by atoms with Gasteiger partial charge in [-0.25, -0.2) is 0 Å². The third-order valence-electron chi connectivity index (χ3n) is 5.77. The van der Waals surface area contributed by atoms with Crippen molar-refractivity contribution >= 4 is 5.91 Å². The molecule has 0 N–H and O–H groups in total. The molecule has 3 aromatic rings. The largest absolute Gasteiger partial charge is 0.340 e. The summed E-state index contributed by atoms with van der Waals surface area (Å²) in [5.41, 5.74) is 3.27. The Morgan fingerprint density at radius 3 is 2.37 bits per heavy atom. The minimum absolute atomic E-state index is 0.0633. The zero-order chi connectivity index (χ0) is 20.9. The van der Waals surface area contributed by atoms with E-state index in [1.165, 1.54) is 5.56 Å². The minimum Gasteiger partial charge on any atom is -0.340 e. The van der Waals surface area contributed by atoms with Crippen LogP contribution in [0, 0.1) is 6.92 Å². The molecule has 0 saturated carbocycles. The Morgan fingerprint density at radius 2 is 1.70 bits per heavy atom. The fourth-order valence-corrected chi connectivity index (χ4v) is 3.98. The minimum atomic E-state index is -0.0633. The third-order valence-corrected chi connectivity index (χ3v) is 5.77. The SMILES string of the molecule is CC[C@@H](C(=O)N1CCN(Cc2nnnn2-c2ccc(C)cc2)CC1)c1ccccc1. The van der Waals surface area contributed by atoms with Gasteiger partial charge >= 0.3 is 0 Å². The van der Waals surface area contributed by atoms with Crippen molar-refractivity contribution in [1.82, 2.24) is 30.0 Å². The third kappa shape index (κ3) is 4.41. The zero-order valence-corrected chi connectivity index (χ0v) is 17.6. The van der Waals surface area contributed by atoms with E-state index in [-0.39, 0.29) is 11.8 Å². The molecule has 2 aromatic carbocycles. The monoisotopic (exact) mass is 404 g/mol. The lowest BCUT2D eigenvalue weighted by molar-refractivity contribution is -0.134. The second kappa shape index (κ2) is 9.17. The number of hydrogen-bond donors (Lipinski definition) is 0. The molecule has 7 heteroatoms. The molecule has 1 aliphatic heterocycles. The first-order chi connectivity index (χ1) is 14.7. The topological polar surface area (TPSA) is 67.2 Å². The second-order valence-corrected chi connectivity index (χ2v) is 7.82. The summed E-state index contributed by atoms with van der Waals surface area (Å²) in [4.78, 5) is 17.4. The van der Waals surface area contributed by atoms with Gasteiger partial charge in [-0.15, -0.1) is 5.10 Å². The highest BCUT2D eigenvalue weighted by atomic mass is 16.2. The zero-order valence-electron chi connectivity index (χ0n) is 17.6. The fraction of sp³-hybridized carbons (Fsp3) is 0.391. The number of aryl methyl sites for hydroxylation is 1. The van der Waals surface area contributed by atoms with Crippen LogP contribution in [0.15, 0.2) is 54.6 Å². The Labute approximate surface area is 177 Å². The Balaban J connectivity index is 1.37. The van der Waals surface area contributed by atoms with E-state index in [2.05, 4.69) is 46.4 Å². The quantitative estimate of drug-likeness (QED) is 0.632. The molecule has 0 spiro atoms. The van der Waals surface area contributed by atoms with Crippen molar-refractivity contribution in [2.75, 3.05) is 26.2 Å². The first kappa shape index (κ1) is 20.2. The Hall–Kier alpha value is -3.06. The van der Waals surface area contributed by atoms with Crippen LogP contribution in [0.2, 0.25) is 0 Å². The molecule has 1 aliphatic rings. The molecule has 1 fully saturated rings. The first-order valence-corrected chi connectivity index (χ1v) is 10.6. The fourth-order valence-electron chi connectivity index (χ4n) is 3.98. The highest BCUT2D eigenvalue weighted by molar-refractivity contribution is 5.83. The van der Waals surface area contributed by atoms with Gasteiger partial charge in [0.2, 0.25) is 5.91 Å². The molecule has 0 bridgehead atoms. The maximum atomic E-state index is 13.1. The average Bonchev–Trinajstić information content (AvgIpc) is 3.24. The molecule has 1 atom stereocenters. The predicted molar refractivity (Wildman–Crippen MR) is 115 cm³/mol. The molecule has 156 valence electrons. The number of hydrogen-bond acceptors (Lipinski definition) is 5. The molecule has 4 rings (SSSR count). The van der Waals surface area contributed by atoms with Crippen molar-refractivity contribution < 1.29 is 4.79 Å². The number of rotatable bonds is 6. The Bertz CT molecular complexity index is 961. The van der Waals surface area contributed by atoms with Crippen LogP contribution in [0.3, 0.4) is 0 Å². The molecule has 0 unspecified atom stereocenters. The number of tetrazole rings is 1. The van der Waals surface area contributed by atoms with Gasteiger partial charge in [0.1, 0.15) is 0 Å². The number of piperazine rings is 1. The van der Waals surface area contributed by atoms with Gasteiger partial charge in [-0.1, -0.05) is 55.0 Å². The Morgan fingerprint density at radius 1 is 1.00 bits per heavy atom. The number of nitrogens with zero attached hydrogens (tertiary/aromatic N) is 6. The molecule has 1 amide bonds. The van der Waals surface area contributed by atoms with Crippen LogP contribution in [0.25, 0.3) is 5.69 Å². The molecule has 0 radical (unpaired) electrons. The molecule has 30 heavy (non-hydrogen) atoms. The maximum Gasteiger partial charge on any atom is 0.230 e. The summed E-state index contributed by atoms with van der Waals surface area (Å²) in [5.74, 6) is 0.980. The summed E-state index contributed by atoms with van der Waals surface area (Å²) in [6.45, 7) is 7.90. The summed E-state index contributed by atoms with van der Waals surface area (Å²) in [5, 5.41) is 12.3. The smallest absolute Gasteiger partial charge is 0.230 e. The highest BCUT2D eigenvalue weighted by Gasteiger charge is 2.28. The van der Waals surface area contributed by atoms with E-state index >= 15 is 0 Å². The van der Waals surface area contributed by atoms with Crippen LogP contribution in [-0.4, -0.2) is 62.1 Å². The van der Waals surface area contributed by atoms with Crippen LogP contribution in [0.4, 0.5) is 0 Å². The van der Waals surface area contributed by atoms with Crippen molar-refractivity contribution in [3.05, 3.63) is 71.5 Å². The van der Waals surface area contributed by atoms with Crippen molar-refractivity contribution in [3.8, 4) is 5.69 Å². The first-order valence-electron chi connectivity index (χ1n) is 10.6. The lowest BCUT2D eigenvalue weighted by Crippen LogP contribution is -2.49. The molecule has 2 heterocycles. The van der Waals surface area contributed by atoms with E-state index in [0.29, 0.717) is 6.54 Å². The molecule has 1 saturated heterocycles. The van der Waals surface area contributed by atoms with E-state index in [9.17, 15) is 4.79 Å². The summed E-state index contributed by atoms with van der Waals surface area (Å²) >= 11 is 0. The second-order valence-electron chi connectivity index (χ2n) is 7.82. The van der Waals surface area contributed by atoms with Gasteiger partial charge in [-0.3, -0.25) is 9.69 Å². The number of benzene rings is 2. The van der Waals surface area contributed by atoms with Crippen LogP contribution in [0.1, 0.15) is 36.2 Å². The summed E-state index contributed by atoms with van der Waals surface area (Å²) < 4.78 is 1.79. The Kier molecular flexibility index (Phi) is 6.18. The summed E-state index contributed by atoms with van der Waals surface area (Å²) in [6.07, 6.45) is 0.814. The molecular formula is C23H28N6O. The summed E-state index contributed by atoms with van der Waals surface area (Å²) in [7, 11) is 0. The van der Waals surface area contributed by atoms with Crippen LogP contribution < -0.4 is 0 Å². The van der Waals surface area contributed by atoms with Crippen LogP contribution in [0.5, 0.6) is 0 Å². The van der Waals surface area contributed by atoms with Gasteiger partial charge in [0, 0.05) is 26.2 Å². The molecule has 0 aliphatic carbocycles. The number of amides is 1. The standard InChI is InChI=1S/C23H28N6O/c1-3-21(19-7-5-4-6-8-19)23(30)28-15-13-27(14-16-28)17-22-24-25-26-29(22)20-11-9-18(2)10-12-20/h4-12,21H,3,13-17H2,1-2H3/t21-/m1/s1. The lowest BCUT2D eigenvalue weighted by Gasteiger charge is -2.36. The van der Waals surface area contributed by atoms with Gasteiger partial charge in [0.05, 0.1) is 18.2 Å². The lowest BCUT2D eigenvalue weighted by atomic mass is 9.95.